The van der Waals surface area contributed by atoms with Crippen molar-refractivity contribution < 1.29 is 19.8 Å². The summed E-state index contributed by atoms with van der Waals surface area (Å²) in [6, 6.07) is 10.7. The van der Waals surface area contributed by atoms with Gasteiger partial charge in [-0.3, -0.25) is 9.59 Å². The highest BCUT2D eigenvalue weighted by Gasteiger charge is 2.32. The number of carbonyl (C=O) groups is 2. The molecule has 0 aliphatic carbocycles. The number of phenols is 1. The summed E-state index contributed by atoms with van der Waals surface area (Å²) in [4.78, 5) is 24.9. The molecule has 2 aromatic rings. The number of fused-ring (bicyclic) bond motifs is 1. The molecule has 0 aromatic heterocycles. The van der Waals surface area contributed by atoms with Gasteiger partial charge in [-0.2, -0.15) is 0 Å². The third kappa shape index (κ3) is 2.31. The zero-order chi connectivity index (χ0) is 15.0. The third-order valence-corrected chi connectivity index (χ3v) is 3.96. The van der Waals surface area contributed by atoms with E-state index in [9.17, 15) is 14.7 Å². The minimum atomic E-state index is -0.881. The molecule has 1 saturated heterocycles. The van der Waals surface area contributed by atoms with Crippen LogP contribution < -0.4 is 0 Å². The number of phenolic OH excluding ortho intramolecular Hbond substituents is 1. The molecule has 1 aliphatic rings. The van der Waals surface area contributed by atoms with Crippen molar-refractivity contribution in [3.63, 3.8) is 0 Å². The second-order valence-electron chi connectivity index (χ2n) is 5.26. The number of rotatable bonds is 2. The summed E-state index contributed by atoms with van der Waals surface area (Å²) in [7, 11) is 0. The van der Waals surface area contributed by atoms with Gasteiger partial charge < -0.3 is 15.1 Å². The molecular weight excluding hydrogens is 270 g/mol. The Bertz CT molecular complexity index is 725. The standard InChI is InChI=1S/C16H15NO4/c18-14-12-4-2-1-3-10(12)5-6-13(14)15(19)17-8-7-11(9-17)16(20)21/h1-6,11,18H,7-9H2,(H,20,21). The van der Waals surface area contributed by atoms with Gasteiger partial charge in [-0.05, 0) is 17.9 Å². The molecule has 0 spiro atoms. The van der Waals surface area contributed by atoms with E-state index in [0.29, 0.717) is 18.4 Å². The first-order valence-corrected chi connectivity index (χ1v) is 6.80. The van der Waals surface area contributed by atoms with Gasteiger partial charge in [0.25, 0.3) is 5.91 Å². The maximum Gasteiger partial charge on any atom is 0.308 e. The Hall–Kier alpha value is -2.56. The number of amides is 1. The molecular formula is C16H15NO4. The number of hydrogen-bond donors (Lipinski definition) is 2. The molecule has 5 nitrogen and oxygen atoms in total. The van der Waals surface area contributed by atoms with Gasteiger partial charge >= 0.3 is 5.97 Å². The zero-order valence-corrected chi connectivity index (χ0v) is 11.3. The largest absolute Gasteiger partial charge is 0.506 e. The van der Waals surface area contributed by atoms with Gasteiger partial charge in [-0.25, -0.2) is 0 Å². The van der Waals surface area contributed by atoms with E-state index in [2.05, 4.69) is 0 Å². The van der Waals surface area contributed by atoms with Gasteiger partial charge in [0.05, 0.1) is 11.5 Å². The maximum atomic E-state index is 12.5. The predicted octanol–water partition coefficient (Wildman–Crippen LogP) is 2.09. The van der Waals surface area contributed by atoms with Crippen LogP contribution in [0.3, 0.4) is 0 Å². The molecule has 2 aromatic carbocycles. The third-order valence-electron chi connectivity index (χ3n) is 3.96. The van der Waals surface area contributed by atoms with E-state index >= 15 is 0 Å². The Kier molecular flexibility index (Phi) is 3.25. The highest BCUT2D eigenvalue weighted by molar-refractivity contribution is 6.03. The summed E-state index contributed by atoms with van der Waals surface area (Å²) in [6.07, 6.45) is 0.454. The molecule has 3 rings (SSSR count). The fourth-order valence-electron chi connectivity index (χ4n) is 2.74. The molecule has 1 atom stereocenters. The Balaban J connectivity index is 1.92. The van der Waals surface area contributed by atoms with Crippen LogP contribution in [0.2, 0.25) is 0 Å². The molecule has 5 heteroatoms. The zero-order valence-electron chi connectivity index (χ0n) is 11.3. The van der Waals surface area contributed by atoms with Gasteiger partial charge in [0.2, 0.25) is 0 Å². The summed E-state index contributed by atoms with van der Waals surface area (Å²) in [5.74, 6) is -1.76. The van der Waals surface area contributed by atoms with Crippen molar-refractivity contribution in [2.45, 2.75) is 6.42 Å². The fourth-order valence-corrected chi connectivity index (χ4v) is 2.74. The lowest BCUT2D eigenvalue weighted by Gasteiger charge is -2.17. The second kappa shape index (κ2) is 5.09. The lowest BCUT2D eigenvalue weighted by atomic mass is 10.0. The van der Waals surface area contributed by atoms with Gasteiger partial charge in [-0.15, -0.1) is 0 Å². The summed E-state index contributed by atoms with van der Waals surface area (Å²) in [5.41, 5.74) is 0.222. The highest BCUT2D eigenvalue weighted by Crippen LogP contribution is 2.30. The first-order valence-electron chi connectivity index (χ1n) is 6.80. The quantitative estimate of drug-likeness (QED) is 0.885. The molecule has 1 aliphatic heterocycles. The Morgan fingerprint density at radius 2 is 1.90 bits per heavy atom. The highest BCUT2D eigenvalue weighted by atomic mass is 16.4. The number of hydrogen-bond acceptors (Lipinski definition) is 3. The van der Waals surface area contributed by atoms with Crippen LogP contribution in [0.1, 0.15) is 16.8 Å². The Morgan fingerprint density at radius 1 is 1.14 bits per heavy atom. The number of aromatic hydroxyl groups is 1. The molecule has 108 valence electrons. The van der Waals surface area contributed by atoms with Crippen LogP contribution in [0, 0.1) is 5.92 Å². The smallest absolute Gasteiger partial charge is 0.308 e. The van der Waals surface area contributed by atoms with Gasteiger partial charge in [-0.1, -0.05) is 30.3 Å². The van der Waals surface area contributed by atoms with E-state index in [1.165, 1.54) is 4.90 Å². The van der Waals surface area contributed by atoms with Crippen molar-refractivity contribution in [2.24, 2.45) is 5.92 Å². The number of carboxylic acids is 1. The molecule has 1 fully saturated rings. The van der Waals surface area contributed by atoms with Crippen molar-refractivity contribution in [1.82, 2.24) is 4.90 Å². The molecule has 1 heterocycles. The Morgan fingerprint density at radius 3 is 2.62 bits per heavy atom. The van der Waals surface area contributed by atoms with E-state index in [4.69, 9.17) is 5.11 Å². The minimum Gasteiger partial charge on any atom is -0.506 e. The number of aliphatic carboxylic acids is 1. The van der Waals surface area contributed by atoms with Crippen LogP contribution in [0.4, 0.5) is 0 Å². The van der Waals surface area contributed by atoms with Gasteiger partial charge in [0.15, 0.2) is 0 Å². The average molecular weight is 285 g/mol. The van der Waals surface area contributed by atoms with Crippen LogP contribution in [-0.4, -0.2) is 40.1 Å². The first-order chi connectivity index (χ1) is 10.1. The van der Waals surface area contributed by atoms with Crippen molar-refractivity contribution in [2.75, 3.05) is 13.1 Å². The summed E-state index contributed by atoms with van der Waals surface area (Å²) in [6.45, 7) is 0.600. The maximum absolute atomic E-state index is 12.5. The van der Waals surface area contributed by atoms with E-state index in [1.54, 1.807) is 24.3 Å². The molecule has 0 saturated carbocycles. The van der Waals surface area contributed by atoms with Crippen LogP contribution in [0.25, 0.3) is 10.8 Å². The average Bonchev–Trinajstić information content (AvgIpc) is 2.97. The summed E-state index contributed by atoms with van der Waals surface area (Å²) < 4.78 is 0. The topological polar surface area (TPSA) is 77.8 Å². The van der Waals surface area contributed by atoms with Crippen LogP contribution in [0.15, 0.2) is 36.4 Å². The van der Waals surface area contributed by atoms with Crippen molar-refractivity contribution in [3.05, 3.63) is 42.0 Å². The second-order valence-corrected chi connectivity index (χ2v) is 5.26. The summed E-state index contributed by atoms with van der Waals surface area (Å²) >= 11 is 0. The van der Waals surface area contributed by atoms with Crippen molar-refractivity contribution in [1.29, 1.82) is 0 Å². The Labute approximate surface area is 121 Å². The predicted molar refractivity (Wildman–Crippen MR) is 77.3 cm³/mol. The van der Waals surface area contributed by atoms with Crippen LogP contribution >= 0.6 is 0 Å². The SMILES string of the molecule is O=C(O)C1CCN(C(=O)c2ccc3ccccc3c2O)C1. The molecule has 1 unspecified atom stereocenters. The molecule has 0 radical (unpaired) electrons. The lowest BCUT2D eigenvalue weighted by molar-refractivity contribution is -0.141. The van der Waals surface area contributed by atoms with E-state index in [0.717, 1.165) is 5.39 Å². The minimum absolute atomic E-state index is 0.0446. The number of carbonyl (C=O) groups excluding carboxylic acids is 1. The van der Waals surface area contributed by atoms with E-state index in [-0.39, 0.29) is 23.8 Å². The molecule has 21 heavy (non-hydrogen) atoms. The van der Waals surface area contributed by atoms with Gasteiger partial charge in [0.1, 0.15) is 5.75 Å². The van der Waals surface area contributed by atoms with Gasteiger partial charge in [0, 0.05) is 18.5 Å². The molecule has 1 amide bonds. The molecule has 2 N–H and O–H groups in total. The fraction of sp³-hybridized carbons (Fsp3) is 0.250. The first kappa shape index (κ1) is 13.4. The van der Waals surface area contributed by atoms with Crippen LogP contribution in [0.5, 0.6) is 5.75 Å². The monoisotopic (exact) mass is 285 g/mol. The lowest BCUT2D eigenvalue weighted by Crippen LogP contribution is -2.30. The van der Waals surface area contributed by atoms with E-state index < -0.39 is 11.9 Å². The number of benzene rings is 2. The van der Waals surface area contributed by atoms with E-state index in [1.807, 2.05) is 12.1 Å². The summed E-state index contributed by atoms with van der Waals surface area (Å²) in [5, 5.41) is 20.8. The molecule has 0 bridgehead atoms. The van der Waals surface area contributed by atoms with Crippen molar-refractivity contribution >= 4 is 22.6 Å². The van der Waals surface area contributed by atoms with Crippen LogP contribution in [-0.2, 0) is 4.79 Å². The number of nitrogens with zero attached hydrogens (tertiary/aromatic N) is 1. The number of carboxylic acid groups (broad SMARTS) is 1. The normalized spacial score (nSPS) is 18.1. The number of likely N-dealkylation sites (tertiary alicyclic amines) is 1. The van der Waals surface area contributed by atoms with Crippen molar-refractivity contribution in [3.8, 4) is 5.75 Å².